The maximum Gasteiger partial charge on any atom is 0.229 e. The third-order valence-electron chi connectivity index (χ3n) is 3.52. The summed E-state index contributed by atoms with van der Waals surface area (Å²) >= 11 is 0. The van der Waals surface area contributed by atoms with Gasteiger partial charge in [0, 0.05) is 6.42 Å². The lowest BCUT2D eigenvalue weighted by Crippen LogP contribution is -2.16. The number of benzene rings is 1. The van der Waals surface area contributed by atoms with E-state index in [-0.39, 0.29) is 5.91 Å². The van der Waals surface area contributed by atoms with Crippen molar-refractivity contribution in [2.24, 2.45) is 0 Å². The minimum atomic E-state index is -3.39. The zero-order chi connectivity index (χ0) is 16.2. The summed E-state index contributed by atoms with van der Waals surface area (Å²) in [5, 5.41) is 2.81. The van der Waals surface area contributed by atoms with Crippen LogP contribution in [0.5, 0.6) is 0 Å². The fraction of sp³-hybridized carbons (Fsp3) is 0.438. The van der Waals surface area contributed by atoms with Gasteiger partial charge in [0.1, 0.15) is 0 Å². The van der Waals surface area contributed by atoms with E-state index in [1.165, 1.54) is 6.42 Å². The molecule has 0 heterocycles. The normalized spacial score (nSPS) is 15.1. The van der Waals surface area contributed by atoms with Gasteiger partial charge >= 0.3 is 0 Å². The molecule has 0 unspecified atom stereocenters. The Kier molecular flexibility index (Phi) is 5.24. The number of amides is 1. The Labute approximate surface area is 131 Å². The Morgan fingerprint density at radius 1 is 1.23 bits per heavy atom. The molecule has 0 bridgehead atoms. The Morgan fingerprint density at radius 2 is 2.00 bits per heavy atom. The van der Waals surface area contributed by atoms with Gasteiger partial charge in [0.25, 0.3) is 0 Å². The number of rotatable bonds is 5. The highest BCUT2D eigenvalue weighted by Gasteiger charge is 2.13. The van der Waals surface area contributed by atoms with Gasteiger partial charge in [-0.1, -0.05) is 17.7 Å². The molecule has 1 aliphatic carbocycles. The van der Waals surface area contributed by atoms with Gasteiger partial charge < -0.3 is 5.32 Å². The lowest BCUT2D eigenvalue weighted by Gasteiger charge is -2.15. The van der Waals surface area contributed by atoms with E-state index < -0.39 is 10.0 Å². The second-order valence-electron chi connectivity index (χ2n) is 5.76. The molecule has 2 N–H and O–H groups in total. The summed E-state index contributed by atoms with van der Waals surface area (Å²) in [6, 6.07) is 5.22. The second-order valence-corrected chi connectivity index (χ2v) is 7.50. The average molecular weight is 322 g/mol. The number of nitrogens with one attached hydrogen (secondary N) is 2. The number of hydrogen-bond donors (Lipinski definition) is 2. The highest BCUT2D eigenvalue weighted by Crippen LogP contribution is 2.25. The quantitative estimate of drug-likeness (QED) is 0.817. The van der Waals surface area contributed by atoms with Crippen LogP contribution >= 0.6 is 0 Å². The van der Waals surface area contributed by atoms with Crippen molar-refractivity contribution < 1.29 is 13.2 Å². The van der Waals surface area contributed by atoms with Crippen LogP contribution in [0, 0.1) is 6.92 Å². The van der Waals surface area contributed by atoms with Gasteiger partial charge in [-0.2, -0.15) is 0 Å². The average Bonchev–Trinajstić information content (AvgIpc) is 2.41. The number of hydrogen-bond acceptors (Lipinski definition) is 3. The van der Waals surface area contributed by atoms with Crippen molar-refractivity contribution in [2.45, 2.75) is 39.0 Å². The van der Waals surface area contributed by atoms with Crippen LogP contribution in [0.1, 0.15) is 37.7 Å². The SMILES string of the molecule is Cc1ccc(NS(C)(=O)=O)c(NC(=O)CC2=CCCCC2)c1. The van der Waals surface area contributed by atoms with Crippen molar-refractivity contribution in [1.82, 2.24) is 0 Å². The molecular weight excluding hydrogens is 300 g/mol. The minimum Gasteiger partial charge on any atom is -0.324 e. The van der Waals surface area contributed by atoms with Crippen molar-refractivity contribution in [2.75, 3.05) is 16.3 Å². The zero-order valence-corrected chi connectivity index (χ0v) is 13.8. The molecule has 0 saturated heterocycles. The van der Waals surface area contributed by atoms with Crippen molar-refractivity contribution >= 4 is 27.3 Å². The van der Waals surface area contributed by atoms with Gasteiger partial charge in [0.2, 0.25) is 15.9 Å². The summed E-state index contributed by atoms with van der Waals surface area (Å²) < 4.78 is 25.2. The maximum atomic E-state index is 12.2. The van der Waals surface area contributed by atoms with Crippen LogP contribution < -0.4 is 10.0 Å². The van der Waals surface area contributed by atoms with E-state index >= 15 is 0 Å². The van der Waals surface area contributed by atoms with Gasteiger partial charge in [-0.25, -0.2) is 8.42 Å². The van der Waals surface area contributed by atoms with Crippen LogP contribution in [-0.2, 0) is 14.8 Å². The van der Waals surface area contributed by atoms with Gasteiger partial charge in [0.05, 0.1) is 17.6 Å². The number of carbonyl (C=O) groups is 1. The Morgan fingerprint density at radius 3 is 2.64 bits per heavy atom. The molecule has 0 aliphatic heterocycles. The first-order valence-corrected chi connectivity index (χ1v) is 9.29. The van der Waals surface area contributed by atoms with Crippen molar-refractivity contribution in [3.8, 4) is 0 Å². The van der Waals surface area contributed by atoms with Crippen LogP contribution in [0.15, 0.2) is 29.8 Å². The Balaban J connectivity index is 2.12. The summed E-state index contributed by atoms with van der Waals surface area (Å²) in [7, 11) is -3.39. The van der Waals surface area contributed by atoms with E-state index in [1.54, 1.807) is 18.2 Å². The first-order chi connectivity index (χ1) is 10.3. The molecule has 6 heteroatoms. The second kappa shape index (κ2) is 6.96. The van der Waals surface area contributed by atoms with E-state index in [4.69, 9.17) is 0 Å². The largest absolute Gasteiger partial charge is 0.324 e. The van der Waals surface area contributed by atoms with Gasteiger partial charge in [-0.05, 0) is 50.3 Å². The molecular formula is C16H22N2O3S. The Bertz CT molecular complexity index is 693. The van der Waals surface area contributed by atoms with Crippen molar-refractivity contribution in [3.05, 3.63) is 35.4 Å². The predicted octanol–water partition coefficient (Wildman–Crippen LogP) is 3.20. The zero-order valence-electron chi connectivity index (χ0n) is 13.0. The number of sulfonamides is 1. The molecule has 1 amide bonds. The number of anilines is 2. The van der Waals surface area contributed by atoms with Crippen molar-refractivity contribution in [1.29, 1.82) is 0 Å². The van der Waals surface area contributed by atoms with Crippen LogP contribution in [0.25, 0.3) is 0 Å². The van der Waals surface area contributed by atoms with Crippen LogP contribution in [0.3, 0.4) is 0 Å². The molecule has 0 aromatic heterocycles. The van der Waals surface area contributed by atoms with Crippen LogP contribution in [0.2, 0.25) is 0 Å². The highest BCUT2D eigenvalue weighted by molar-refractivity contribution is 7.92. The standard InChI is InChI=1S/C16H22N2O3S/c1-12-8-9-14(18-22(2,20)21)15(10-12)17-16(19)11-13-6-4-3-5-7-13/h6,8-10,18H,3-5,7,11H2,1-2H3,(H,17,19). The lowest BCUT2D eigenvalue weighted by molar-refractivity contribution is -0.115. The number of aryl methyl sites for hydroxylation is 1. The van der Waals surface area contributed by atoms with Crippen molar-refractivity contribution in [3.63, 3.8) is 0 Å². The molecule has 2 rings (SSSR count). The van der Waals surface area contributed by atoms with E-state index in [0.29, 0.717) is 17.8 Å². The Hall–Kier alpha value is -1.82. The third-order valence-corrected chi connectivity index (χ3v) is 4.11. The lowest BCUT2D eigenvalue weighted by atomic mass is 9.97. The van der Waals surface area contributed by atoms with Crippen LogP contribution in [-0.4, -0.2) is 20.6 Å². The molecule has 1 aromatic rings. The fourth-order valence-corrected chi connectivity index (χ4v) is 3.09. The molecule has 0 saturated carbocycles. The molecule has 1 aliphatic rings. The first kappa shape index (κ1) is 16.5. The molecule has 0 fully saturated rings. The smallest absolute Gasteiger partial charge is 0.229 e. The summed E-state index contributed by atoms with van der Waals surface area (Å²) in [5.41, 5.74) is 2.99. The topological polar surface area (TPSA) is 75.3 Å². The molecule has 1 aromatic carbocycles. The molecule has 0 spiro atoms. The maximum absolute atomic E-state index is 12.2. The van der Waals surface area contributed by atoms with E-state index in [9.17, 15) is 13.2 Å². The first-order valence-electron chi connectivity index (χ1n) is 7.40. The molecule has 5 nitrogen and oxygen atoms in total. The molecule has 0 atom stereocenters. The number of carbonyl (C=O) groups excluding carboxylic acids is 1. The van der Waals surface area contributed by atoms with E-state index in [2.05, 4.69) is 16.1 Å². The van der Waals surface area contributed by atoms with Gasteiger partial charge in [0.15, 0.2) is 0 Å². The van der Waals surface area contributed by atoms with Gasteiger partial charge in [-0.15, -0.1) is 0 Å². The van der Waals surface area contributed by atoms with E-state index in [0.717, 1.165) is 36.7 Å². The predicted molar refractivity (Wildman–Crippen MR) is 89.4 cm³/mol. The third kappa shape index (κ3) is 5.18. The molecule has 0 radical (unpaired) electrons. The van der Waals surface area contributed by atoms with Crippen LogP contribution in [0.4, 0.5) is 11.4 Å². The number of allylic oxidation sites excluding steroid dienone is 1. The molecule has 120 valence electrons. The summed E-state index contributed by atoms with van der Waals surface area (Å²) in [5.74, 6) is -0.115. The van der Waals surface area contributed by atoms with E-state index in [1.807, 2.05) is 6.92 Å². The highest BCUT2D eigenvalue weighted by atomic mass is 32.2. The monoisotopic (exact) mass is 322 g/mol. The summed E-state index contributed by atoms with van der Waals surface area (Å²) in [6.45, 7) is 1.89. The summed E-state index contributed by atoms with van der Waals surface area (Å²) in [4.78, 5) is 12.2. The van der Waals surface area contributed by atoms with Gasteiger partial charge in [-0.3, -0.25) is 9.52 Å². The fourth-order valence-electron chi connectivity index (χ4n) is 2.52. The molecule has 22 heavy (non-hydrogen) atoms. The minimum absolute atomic E-state index is 0.115. The summed E-state index contributed by atoms with van der Waals surface area (Å²) in [6.07, 6.45) is 7.91.